The lowest BCUT2D eigenvalue weighted by atomic mass is 10.1. The van der Waals surface area contributed by atoms with E-state index in [4.69, 9.17) is 11.6 Å². The molecule has 0 unspecified atom stereocenters. The third-order valence-electron chi connectivity index (χ3n) is 6.27. The number of amides is 2. The lowest BCUT2D eigenvalue weighted by Gasteiger charge is -2.32. The molecule has 3 aromatic carbocycles. The van der Waals surface area contributed by atoms with Crippen molar-refractivity contribution in [3.05, 3.63) is 94.0 Å². The van der Waals surface area contributed by atoms with Crippen LogP contribution in [0.2, 0.25) is 5.02 Å². The number of nitrogens with zero attached hydrogens (tertiary/aromatic N) is 2. The molecule has 202 valence electrons. The average Bonchev–Trinajstić information content (AvgIpc) is 2.86. The summed E-state index contributed by atoms with van der Waals surface area (Å²) in [7, 11) is -4.11. The Bertz CT molecular complexity index is 1410. The highest BCUT2D eigenvalue weighted by Gasteiger charge is 2.33. The molecular weight excluding hydrogens is 522 g/mol. The monoisotopic (exact) mass is 555 g/mol. The van der Waals surface area contributed by atoms with Crippen LogP contribution < -0.4 is 9.62 Å². The first-order valence-electron chi connectivity index (χ1n) is 12.4. The first-order chi connectivity index (χ1) is 17.9. The van der Waals surface area contributed by atoms with Gasteiger partial charge in [0, 0.05) is 18.1 Å². The fraction of sp³-hybridized carbons (Fsp3) is 0.310. The molecule has 0 fully saturated rings. The number of hydrogen-bond donors (Lipinski definition) is 1. The number of likely N-dealkylation sites (N-methyl/N-ethyl adjacent to an activating group) is 1. The molecule has 0 spiro atoms. The van der Waals surface area contributed by atoms with E-state index in [1.807, 2.05) is 39.0 Å². The van der Waals surface area contributed by atoms with E-state index in [9.17, 15) is 18.0 Å². The smallest absolute Gasteiger partial charge is 0.264 e. The molecule has 0 aliphatic carbocycles. The summed E-state index contributed by atoms with van der Waals surface area (Å²) >= 11 is 6.16. The Morgan fingerprint density at radius 3 is 2.21 bits per heavy atom. The van der Waals surface area contributed by atoms with Crippen molar-refractivity contribution >= 4 is 39.1 Å². The Morgan fingerprint density at radius 2 is 1.61 bits per heavy atom. The van der Waals surface area contributed by atoms with Crippen LogP contribution in [0.1, 0.15) is 36.1 Å². The van der Waals surface area contributed by atoms with Crippen molar-refractivity contribution in [1.29, 1.82) is 0 Å². The number of halogens is 1. The highest BCUT2D eigenvalue weighted by Crippen LogP contribution is 2.28. The molecule has 38 heavy (non-hydrogen) atoms. The third kappa shape index (κ3) is 6.94. The molecule has 3 rings (SSSR count). The number of rotatable bonds is 10. The molecule has 0 saturated heterocycles. The van der Waals surface area contributed by atoms with Crippen LogP contribution in [0.4, 0.5) is 5.69 Å². The molecule has 1 N–H and O–H groups in total. The van der Waals surface area contributed by atoms with E-state index >= 15 is 0 Å². The molecule has 0 aliphatic heterocycles. The number of hydrogen-bond acceptors (Lipinski definition) is 4. The van der Waals surface area contributed by atoms with Gasteiger partial charge in [-0.1, -0.05) is 59.1 Å². The molecule has 0 aliphatic rings. The maximum atomic E-state index is 13.9. The van der Waals surface area contributed by atoms with Gasteiger partial charge in [-0.05, 0) is 76.1 Å². The van der Waals surface area contributed by atoms with E-state index in [2.05, 4.69) is 5.32 Å². The zero-order valence-electron chi connectivity index (χ0n) is 22.4. The summed E-state index contributed by atoms with van der Waals surface area (Å²) in [6, 6.07) is 18.1. The Balaban J connectivity index is 2.07. The van der Waals surface area contributed by atoms with Crippen LogP contribution in [-0.2, 0) is 26.2 Å². The average molecular weight is 556 g/mol. The summed E-state index contributed by atoms with van der Waals surface area (Å²) in [5.41, 5.74) is 3.73. The number of benzene rings is 3. The Hall–Kier alpha value is -3.36. The van der Waals surface area contributed by atoms with E-state index in [1.54, 1.807) is 50.2 Å². The Labute approximate surface area is 230 Å². The summed E-state index contributed by atoms with van der Waals surface area (Å²) in [6.07, 6.45) is 0. The van der Waals surface area contributed by atoms with Crippen molar-refractivity contribution in [3.8, 4) is 0 Å². The molecule has 0 saturated carbocycles. The summed E-state index contributed by atoms with van der Waals surface area (Å²) in [5, 5.41) is 3.25. The molecule has 9 heteroatoms. The normalized spacial score (nSPS) is 12.1. The zero-order chi connectivity index (χ0) is 28.0. The second kappa shape index (κ2) is 12.5. The van der Waals surface area contributed by atoms with Crippen LogP contribution in [0.3, 0.4) is 0 Å². The molecule has 0 heterocycles. The molecule has 3 aromatic rings. The van der Waals surface area contributed by atoms with Gasteiger partial charge in [0.1, 0.15) is 12.6 Å². The number of carbonyl (C=O) groups is 2. The van der Waals surface area contributed by atoms with Gasteiger partial charge in [-0.2, -0.15) is 0 Å². The Morgan fingerprint density at radius 1 is 0.947 bits per heavy atom. The Kier molecular flexibility index (Phi) is 9.57. The summed E-state index contributed by atoms with van der Waals surface area (Å²) in [5.74, 6) is -0.846. The lowest BCUT2D eigenvalue weighted by molar-refractivity contribution is -0.139. The van der Waals surface area contributed by atoms with Crippen LogP contribution in [0.15, 0.2) is 71.6 Å². The van der Waals surface area contributed by atoms with E-state index in [0.717, 1.165) is 21.0 Å². The SMILES string of the molecule is CCNC(=O)[C@@H](C)N(Cc1cccc(Cl)c1)C(=O)CN(c1ccc(C)cc1C)S(=O)(=O)c1ccc(C)cc1. The minimum absolute atomic E-state index is 0.0778. The molecule has 2 amide bonds. The lowest BCUT2D eigenvalue weighted by Crippen LogP contribution is -2.51. The first kappa shape index (κ1) is 29.2. The van der Waals surface area contributed by atoms with E-state index in [1.165, 1.54) is 17.0 Å². The van der Waals surface area contributed by atoms with E-state index < -0.39 is 28.5 Å². The minimum Gasteiger partial charge on any atom is -0.355 e. The van der Waals surface area contributed by atoms with Crippen molar-refractivity contribution in [2.45, 2.75) is 52.1 Å². The van der Waals surface area contributed by atoms with E-state index in [-0.39, 0.29) is 17.3 Å². The van der Waals surface area contributed by atoms with Gasteiger partial charge in [-0.25, -0.2) is 8.42 Å². The van der Waals surface area contributed by atoms with Crippen LogP contribution in [0, 0.1) is 20.8 Å². The predicted molar refractivity (Wildman–Crippen MR) is 152 cm³/mol. The van der Waals surface area contributed by atoms with Gasteiger partial charge >= 0.3 is 0 Å². The maximum Gasteiger partial charge on any atom is 0.264 e. The fourth-order valence-electron chi connectivity index (χ4n) is 4.17. The van der Waals surface area contributed by atoms with Gasteiger partial charge in [0.2, 0.25) is 11.8 Å². The molecule has 0 aromatic heterocycles. The van der Waals surface area contributed by atoms with Gasteiger partial charge < -0.3 is 10.2 Å². The summed E-state index contributed by atoms with van der Waals surface area (Å²) in [4.78, 5) is 28.1. The molecule has 7 nitrogen and oxygen atoms in total. The van der Waals surface area contributed by atoms with Gasteiger partial charge in [0.15, 0.2) is 0 Å². The topological polar surface area (TPSA) is 86.8 Å². The molecule has 0 bridgehead atoms. The van der Waals surface area contributed by atoms with Crippen molar-refractivity contribution in [2.75, 3.05) is 17.4 Å². The summed E-state index contributed by atoms with van der Waals surface area (Å²) < 4.78 is 28.9. The maximum absolute atomic E-state index is 13.9. The highest BCUT2D eigenvalue weighted by molar-refractivity contribution is 7.92. The quantitative estimate of drug-likeness (QED) is 0.381. The number of nitrogens with one attached hydrogen (secondary N) is 1. The number of anilines is 1. The molecule has 1 atom stereocenters. The number of carbonyl (C=O) groups excluding carboxylic acids is 2. The highest BCUT2D eigenvalue weighted by atomic mass is 35.5. The van der Waals surface area contributed by atoms with Crippen LogP contribution in [0.25, 0.3) is 0 Å². The summed E-state index contributed by atoms with van der Waals surface area (Å²) in [6.45, 7) is 9.03. The van der Waals surface area contributed by atoms with Gasteiger partial charge in [0.25, 0.3) is 10.0 Å². The van der Waals surface area contributed by atoms with Crippen LogP contribution in [-0.4, -0.2) is 44.3 Å². The standard InChI is InChI=1S/C29H34ClN3O4S/c1-6-31-29(35)23(5)32(18-24-8-7-9-25(30)17-24)28(34)19-33(27-15-12-21(3)16-22(27)4)38(36,37)26-13-10-20(2)11-14-26/h7-17,23H,6,18-19H2,1-5H3,(H,31,35)/t23-/m1/s1. The third-order valence-corrected chi connectivity index (χ3v) is 8.28. The van der Waals surface area contributed by atoms with Gasteiger partial charge in [-0.3, -0.25) is 13.9 Å². The van der Waals surface area contributed by atoms with Gasteiger partial charge in [-0.15, -0.1) is 0 Å². The number of sulfonamides is 1. The van der Waals surface area contributed by atoms with Crippen molar-refractivity contribution in [1.82, 2.24) is 10.2 Å². The second-order valence-electron chi connectivity index (χ2n) is 9.34. The van der Waals surface area contributed by atoms with E-state index in [0.29, 0.717) is 22.8 Å². The second-order valence-corrected chi connectivity index (χ2v) is 11.6. The molecule has 0 radical (unpaired) electrons. The largest absolute Gasteiger partial charge is 0.355 e. The van der Waals surface area contributed by atoms with Crippen LogP contribution >= 0.6 is 11.6 Å². The van der Waals surface area contributed by atoms with Crippen molar-refractivity contribution in [2.24, 2.45) is 0 Å². The van der Waals surface area contributed by atoms with Crippen LogP contribution in [0.5, 0.6) is 0 Å². The van der Waals surface area contributed by atoms with Crippen molar-refractivity contribution in [3.63, 3.8) is 0 Å². The zero-order valence-corrected chi connectivity index (χ0v) is 23.9. The van der Waals surface area contributed by atoms with Gasteiger partial charge in [0.05, 0.1) is 10.6 Å². The fourth-order valence-corrected chi connectivity index (χ4v) is 5.86. The predicted octanol–water partition coefficient (Wildman–Crippen LogP) is 5.01. The first-order valence-corrected chi connectivity index (χ1v) is 14.2. The van der Waals surface area contributed by atoms with Crippen molar-refractivity contribution < 1.29 is 18.0 Å². The molecular formula is C29H34ClN3O4S. The minimum atomic E-state index is -4.11. The number of aryl methyl sites for hydroxylation is 3.